The van der Waals surface area contributed by atoms with Crippen molar-refractivity contribution in [2.45, 2.75) is 76.3 Å². The zero-order valence-corrected chi connectivity index (χ0v) is 13.6. The highest BCUT2D eigenvalue weighted by atomic mass is 32.2. The molecule has 0 amide bonds. The molecule has 1 saturated heterocycles. The fourth-order valence-corrected chi connectivity index (χ4v) is 3.37. The van der Waals surface area contributed by atoms with E-state index in [9.17, 15) is 20.1 Å². The third-order valence-corrected chi connectivity index (χ3v) is 4.87. The summed E-state index contributed by atoms with van der Waals surface area (Å²) in [6, 6.07) is 0. The quantitative estimate of drug-likeness (QED) is 0.395. The predicted octanol–water partition coefficient (Wildman–Crippen LogP) is 1.48. The van der Waals surface area contributed by atoms with E-state index < -0.39 is 30.4 Å². The average molecular weight is 320 g/mol. The molecule has 1 heterocycles. The zero-order valence-electron chi connectivity index (χ0n) is 12.7. The van der Waals surface area contributed by atoms with Crippen molar-refractivity contribution in [3.05, 3.63) is 0 Å². The molecule has 21 heavy (non-hydrogen) atoms. The van der Waals surface area contributed by atoms with Gasteiger partial charge in [-0.15, -0.1) is 0 Å². The van der Waals surface area contributed by atoms with Crippen LogP contribution in [-0.4, -0.2) is 57.2 Å². The van der Waals surface area contributed by atoms with Crippen molar-refractivity contribution in [2.24, 2.45) is 0 Å². The Morgan fingerprint density at radius 1 is 1.14 bits per heavy atom. The summed E-state index contributed by atoms with van der Waals surface area (Å²) < 4.78 is 4.78. The molecule has 4 atom stereocenters. The van der Waals surface area contributed by atoms with E-state index in [1.165, 1.54) is 38.5 Å². The number of aliphatic hydroxyl groups excluding tert-OH is 3. The lowest BCUT2D eigenvalue weighted by molar-refractivity contribution is -0.150. The van der Waals surface area contributed by atoms with Crippen LogP contribution in [0.2, 0.25) is 0 Å². The summed E-state index contributed by atoms with van der Waals surface area (Å²) in [6.45, 7) is 2.21. The second-order valence-corrected chi connectivity index (χ2v) is 6.75. The fourth-order valence-electron chi connectivity index (χ4n) is 2.36. The molecule has 5 nitrogen and oxygen atoms in total. The van der Waals surface area contributed by atoms with Crippen molar-refractivity contribution in [1.29, 1.82) is 0 Å². The van der Waals surface area contributed by atoms with E-state index in [0.717, 1.165) is 12.2 Å². The van der Waals surface area contributed by atoms with Crippen LogP contribution in [0.3, 0.4) is 0 Å². The summed E-state index contributed by atoms with van der Waals surface area (Å²) in [7, 11) is 0. The van der Waals surface area contributed by atoms with Crippen LogP contribution in [0.15, 0.2) is 0 Å². The highest BCUT2D eigenvalue weighted by molar-refractivity contribution is 7.99. The number of carbonyl (C=O) groups is 1. The number of thioether (sulfide) groups is 1. The van der Waals surface area contributed by atoms with Gasteiger partial charge in [-0.25, -0.2) is 4.79 Å². The summed E-state index contributed by atoms with van der Waals surface area (Å²) in [5.74, 6) is 0.491. The van der Waals surface area contributed by atoms with Gasteiger partial charge in [0.05, 0.1) is 0 Å². The molecule has 0 unspecified atom stereocenters. The average Bonchev–Trinajstić information content (AvgIpc) is 2.73. The third-order valence-electron chi connectivity index (χ3n) is 3.71. The van der Waals surface area contributed by atoms with Gasteiger partial charge in [-0.1, -0.05) is 45.4 Å². The van der Waals surface area contributed by atoms with Gasteiger partial charge in [-0.3, -0.25) is 0 Å². The minimum Gasteiger partial charge on any atom is -0.455 e. The van der Waals surface area contributed by atoms with Crippen LogP contribution in [0.5, 0.6) is 0 Å². The Bertz CT molecular complexity index is 300. The molecular weight excluding hydrogens is 292 g/mol. The standard InChI is InChI=1S/C15H28O5S/c1-2-3-4-5-6-7-8-9-21-10-11(16)14-12(17)13(18)15(19)20-14/h11-14,16-18H,2-10H2,1H3/t11-,12-,13-,14+/m1/s1. The van der Waals surface area contributed by atoms with Crippen LogP contribution in [-0.2, 0) is 9.53 Å². The maximum atomic E-state index is 11.1. The second kappa shape index (κ2) is 10.4. The van der Waals surface area contributed by atoms with Crippen molar-refractivity contribution in [3.8, 4) is 0 Å². The highest BCUT2D eigenvalue weighted by Crippen LogP contribution is 2.21. The smallest absolute Gasteiger partial charge is 0.338 e. The van der Waals surface area contributed by atoms with Crippen LogP contribution in [0.1, 0.15) is 51.9 Å². The Balaban J connectivity index is 2.01. The van der Waals surface area contributed by atoms with E-state index in [4.69, 9.17) is 4.74 Å². The maximum absolute atomic E-state index is 11.1. The number of hydrogen-bond acceptors (Lipinski definition) is 6. The van der Waals surface area contributed by atoms with Crippen LogP contribution < -0.4 is 0 Å². The zero-order chi connectivity index (χ0) is 15.7. The van der Waals surface area contributed by atoms with Gasteiger partial charge in [0.25, 0.3) is 0 Å². The van der Waals surface area contributed by atoms with Gasteiger partial charge < -0.3 is 20.1 Å². The Morgan fingerprint density at radius 3 is 2.33 bits per heavy atom. The normalized spacial score (nSPS) is 26.9. The van der Waals surface area contributed by atoms with E-state index in [1.807, 2.05) is 0 Å². The van der Waals surface area contributed by atoms with Crippen molar-refractivity contribution in [2.75, 3.05) is 11.5 Å². The largest absolute Gasteiger partial charge is 0.455 e. The van der Waals surface area contributed by atoms with Gasteiger partial charge in [-0.2, -0.15) is 11.8 Å². The third kappa shape index (κ3) is 6.55. The summed E-state index contributed by atoms with van der Waals surface area (Å²) in [6.07, 6.45) is 3.96. The number of unbranched alkanes of at least 4 members (excludes halogenated alkanes) is 6. The molecule has 1 aliphatic heterocycles. The van der Waals surface area contributed by atoms with Crippen LogP contribution in [0.4, 0.5) is 0 Å². The first-order valence-corrected chi connectivity index (χ1v) is 9.05. The van der Waals surface area contributed by atoms with Crippen LogP contribution in [0.25, 0.3) is 0 Å². The van der Waals surface area contributed by atoms with Gasteiger partial charge in [0.1, 0.15) is 12.2 Å². The molecule has 1 rings (SSSR count). The molecule has 0 spiro atoms. The Labute approximate surface area is 131 Å². The molecule has 0 aromatic carbocycles. The van der Waals surface area contributed by atoms with Gasteiger partial charge in [0, 0.05) is 5.75 Å². The molecular formula is C15H28O5S. The van der Waals surface area contributed by atoms with Gasteiger partial charge in [-0.05, 0) is 12.2 Å². The number of aliphatic hydroxyl groups is 3. The van der Waals surface area contributed by atoms with E-state index in [0.29, 0.717) is 5.75 Å². The molecule has 0 aliphatic carbocycles. The minimum absolute atomic E-state index is 0.400. The molecule has 0 aromatic heterocycles. The summed E-state index contributed by atoms with van der Waals surface area (Å²) in [5.41, 5.74) is 0. The number of carbonyl (C=O) groups excluding carboxylic acids is 1. The van der Waals surface area contributed by atoms with Gasteiger partial charge in [0.2, 0.25) is 0 Å². The lowest BCUT2D eigenvalue weighted by Crippen LogP contribution is -2.39. The predicted molar refractivity (Wildman–Crippen MR) is 83.2 cm³/mol. The van der Waals surface area contributed by atoms with Gasteiger partial charge in [0.15, 0.2) is 12.2 Å². The van der Waals surface area contributed by atoms with E-state index in [-0.39, 0.29) is 0 Å². The summed E-state index contributed by atoms with van der Waals surface area (Å²) in [5, 5.41) is 28.7. The first-order chi connectivity index (χ1) is 10.1. The topological polar surface area (TPSA) is 87.0 Å². The number of hydrogen-bond donors (Lipinski definition) is 3. The molecule has 3 N–H and O–H groups in total. The molecule has 1 aliphatic rings. The molecule has 0 radical (unpaired) electrons. The van der Waals surface area contributed by atoms with E-state index in [1.54, 1.807) is 11.8 Å². The van der Waals surface area contributed by atoms with Crippen LogP contribution in [0, 0.1) is 0 Å². The highest BCUT2D eigenvalue weighted by Gasteiger charge is 2.45. The fraction of sp³-hybridized carbons (Fsp3) is 0.933. The SMILES string of the molecule is CCCCCCCCCSC[C@@H](O)[C@@H]1OC(=O)[C@H](O)[C@H]1O. The first kappa shape index (κ1) is 18.7. The molecule has 0 saturated carbocycles. The Hall–Kier alpha value is -0.300. The number of cyclic esters (lactones) is 1. The monoisotopic (exact) mass is 320 g/mol. The van der Waals surface area contributed by atoms with Crippen molar-refractivity contribution < 1.29 is 24.9 Å². The molecule has 6 heteroatoms. The van der Waals surface area contributed by atoms with E-state index in [2.05, 4.69) is 6.92 Å². The molecule has 124 valence electrons. The number of esters is 1. The lowest BCUT2D eigenvalue weighted by Gasteiger charge is -2.19. The Morgan fingerprint density at radius 2 is 1.76 bits per heavy atom. The van der Waals surface area contributed by atoms with Gasteiger partial charge >= 0.3 is 5.97 Å². The minimum atomic E-state index is -1.53. The number of ether oxygens (including phenoxy) is 1. The van der Waals surface area contributed by atoms with Crippen LogP contribution >= 0.6 is 11.8 Å². The first-order valence-electron chi connectivity index (χ1n) is 7.90. The summed E-state index contributed by atoms with van der Waals surface area (Å²) in [4.78, 5) is 11.1. The maximum Gasteiger partial charge on any atom is 0.338 e. The van der Waals surface area contributed by atoms with Crippen molar-refractivity contribution in [3.63, 3.8) is 0 Å². The summed E-state index contributed by atoms with van der Waals surface area (Å²) >= 11 is 1.59. The van der Waals surface area contributed by atoms with Crippen molar-refractivity contribution in [1.82, 2.24) is 0 Å². The van der Waals surface area contributed by atoms with Crippen molar-refractivity contribution >= 4 is 17.7 Å². The molecule has 0 bridgehead atoms. The lowest BCUT2D eigenvalue weighted by atomic mass is 10.1. The molecule has 1 fully saturated rings. The molecule has 0 aromatic rings. The number of rotatable bonds is 11. The Kier molecular flexibility index (Phi) is 9.31. The van der Waals surface area contributed by atoms with E-state index >= 15 is 0 Å². The second-order valence-electron chi connectivity index (χ2n) is 5.60.